The van der Waals surface area contributed by atoms with Crippen LogP contribution in [-0.4, -0.2) is 32.3 Å². The fourth-order valence-electron chi connectivity index (χ4n) is 2.45. The summed E-state index contributed by atoms with van der Waals surface area (Å²) in [6.07, 6.45) is 1.04. The fourth-order valence-corrected chi connectivity index (χ4v) is 3.46. The van der Waals surface area contributed by atoms with Crippen molar-refractivity contribution in [3.63, 3.8) is 0 Å². The Bertz CT molecular complexity index is 621. The Balaban J connectivity index is 4.04. The van der Waals surface area contributed by atoms with Crippen molar-refractivity contribution in [1.82, 2.24) is 0 Å². The Morgan fingerprint density at radius 1 is 1.14 bits per heavy atom. The Hall–Kier alpha value is -1.47. The highest BCUT2D eigenvalue weighted by atomic mass is 32.2. The lowest BCUT2D eigenvalue weighted by atomic mass is 9.91. The van der Waals surface area contributed by atoms with Crippen molar-refractivity contribution in [2.24, 2.45) is 0 Å². The van der Waals surface area contributed by atoms with Gasteiger partial charge in [-0.1, -0.05) is 20.8 Å². The molecule has 0 aliphatic rings. The highest BCUT2D eigenvalue weighted by molar-refractivity contribution is 7.86. The van der Waals surface area contributed by atoms with Crippen LogP contribution < -0.4 is 9.47 Å². The van der Waals surface area contributed by atoms with Crippen molar-refractivity contribution in [2.45, 2.75) is 44.4 Å². The zero-order chi connectivity index (χ0) is 16.4. The zero-order valence-electron chi connectivity index (χ0n) is 12.9. The SMILES string of the molecule is CCc1c(O)c(OC)c(OC)c(S(=O)(=O)O)c1C(C)CC. The molecular formula is C14H22O6S. The average Bonchev–Trinajstić information content (AvgIpc) is 2.43. The molecule has 0 radical (unpaired) electrons. The maximum absolute atomic E-state index is 11.8. The van der Waals surface area contributed by atoms with E-state index < -0.39 is 10.1 Å². The zero-order valence-corrected chi connectivity index (χ0v) is 13.7. The van der Waals surface area contributed by atoms with Crippen LogP contribution in [0.3, 0.4) is 0 Å². The first kappa shape index (κ1) is 17.6. The van der Waals surface area contributed by atoms with E-state index in [0.717, 1.165) is 0 Å². The minimum Gasteiger partial charge on any atom is -0.504 e. The molecule has 0 saturated carbocycles. The molecule has 1 rings (SSSR count). The number of rotatable bonds is 6. The summed E-state index contributed by atoms with van der Waals surface area (Å²) in [5, 5.41) is 10.3. The first-order chi connectivity index (χ1) is 9.74. The summed E-state index contributed by atoms with van der Waals surface area (Å²) >= 11 is 0. The summed E-state index contributed by atoms with van der Waals surface area (Å²) < 4.78 is 43.4. The molecule has 0 aliphatic carbocycles. The molecule has 0 aliphatic heterocycles. The van der Waals surface area contributed by atoms with E-state index in [1.807, 2.05) is 13.8 Å². The van der Waals surface area contributed by atoms with E-state index in [2.05, 4.69) is 0 Å². The van der Waals surface area contributed by atoms with Gasteiger partial charge >= 0.3 is 0 Å². The summed E-state index contributed by atoms with van der Waals surface area (Å²) in [5.41, 5.74) is 0.812. The monoisotopic (exact) mass is 318 g/mol. The van der Waals surface area contributed by atoms with E-state index in [1.54, 1.807) is 6.92 Å². The normalized spacial score (nSPS) is 13.0. The molecule has 0 bridgehead atoms. The molecule has 0 aromatic heterocycles. The average molecular weight is 318 g/mol. The molecule has 1 atom stereocenters. The largest absolute Gasteiger partial charge is 0.504 e. The van der Waals surface area contributed by atoms with Gasteiger partial charge in [0.25, 0.3) is 10.1 Å². The lowest BCUT2D eigenvalue weighted by molar-refractivity contribution is 0.321. The maximum atomic E-state index is 11.8. The highest BCUT2D eigenvalue weighted by Gasteiger charge is 2.32. The molecule has 120 valence electrons. The molecule has 6 nitrogen and oxygen atoms in total. The first-order valence-electron chi connectivity index (χ1n) is 6.71. The van der Waals surface area contributed by atoms with Crippen LogP contribution in [0, 0.1) is 0 Å². The molecule has 0 amide bonds. The summed E-state index contributed by atoms with van der Waals surface area (Å²) in [6, 6.07) is 0. The molecule has 0 saturated heterocycles. The number of phenols is 1. The van der Waals surface area contributed by atoms with Crippen molar-refractivity contribution >= 4 is 10.1 Å². The van der Waals surface area contributed by atoms with Crippen LogP contribution in [0.25, 0.3) is 0 Å². The Kier molecular flexibility index (Phi) is 5.47. The van der Waals surface area contributed by atoms with Crippen LogP contribution in [0.15, 0.2) is 4.90 Å². The molecule has 2 N–H and O–H groups in total. The van der Waals surface area contributed by atoms with E-state index in [1.165, 1.54) is 14.2 Å². The molecule has 7 heteroatoms. The summed E-state index contributed by atoms with van der Waals surface area (Å²) in [4.78, 5) is -0.328. The quantitative estimate of drug-likeness (QED) is 0.783. The minimum absolute atomic E-state index is 0.0889. The van der Waals surface area contributed by atoms with Gasteiger partial charge in [-0.25, -0.2) is 0 Å². The van der Waals surface area contributed by atoms with Crippen LogP contribution in [0.5, 0.6) is 17.2 Å². The van der Waals surface area contributed by atoms with Crippen molar-refractivity contribution in [3.8, 4) is 17.2 Å². The van der Waals surface area contributed by atoms with E-state index in [0.29, 0.717) is 24.0 Å². The summed E-state index contributed by atoms with van der Waals surface area (Å²) in [7, 11) is -1.97. The second-order valence-corrected chi connectivity index (χ2v) is 6.13. The number of ether oxygens (including phenoxy) is 2. The Morgan fingerprint density at radius 3 is 2.00 bits per heavy atom. The van der Waals surface area contributed by atoms with E-state index in [-0.39, 0.29) is 28.1 Å². The predicted octanol–water partition coefficient (Wildman–Crippen LogP) is 2.73. The molecule has 0 spiro atoms. The molecule has 1 aromatic rings. The lowest BCUT2D eigenvalue weighted by Crippen LogP contribution is -2.12. The molecule has 0 heterocycles. The van der Waals surface area contributed by atoms with Gasteiger partial charge in [0.15, 0.2) is 11.5 Å². The third-order valence-corrected chi connectivity index (χ3v) is 4.53. The van der Waals surface area contributed by atoms with E-state index in [9.17, 15) is 18.1 Å². The smallest absolute Gasteiger partial charge is 0.298 e. The van der Waals surface area contributed by atoms with Crippen molar-refractivity contribution in [3.05, 3.63) is 11.1 Å². The van der Waals surface area contributed by atoms with Gasteiger partial charge in [0.1, 0.15) is 4.90 Å². The van der Waals surface area contributed by atoms with Gasteiger partial charge < -0.3 is 14.6 Å². The van der Waals surface area contributed by atoms with Gasteiger partial charge in [-0.3, -0.25) is 4.55 Å². The topological polar surface area (TPSA) is 93.1 Å². The fraction of sp³-hybridized carbons (Fsp3) is 0.571. The van der Waals surface area contributed by atoms with Crippen LogP contribution in [0.4, 0.5) is 0 Å². The van der Waals surface area contributed by atoms with Gasteiger partial charge in [-0.05, 0) is 24.3 Å². The van der Waals surface area contributed by atoms with Crippen molar-refractivity contribution < 1.29 is 27.6 Å². The van der Waals surface area contributed by atoms with Crippen LogP contribution in [-0.2, 0) is 16.5 Å². The molecule has 21 heavy (non-hydrogen) atoms. The van der Waals surface area contributed by atoms with Gasteiger partial charge in [0.2, 0.25) is 5.75 Å². The Morgan fingerprint density at radius 2 is 1.67 bits per heavy atom. The standard InChI is InChI=1S/C14H22O6S/c1-6-8(3)10-9(7-2)11(15)12(19-4)13(20-5)14(10)21(16,17)18/h8,15H,6-7H2,1-5H3,(H,16,17,18). The van der Waals surface area contributed by atoms with Crippen molar-refractivity contribution in [2.75, 3.05) is 14.2 Å². The van der Waals surface area contributed by atoms with E-state index >= 15 is 0 Å². The number of methoxy groups -OCH3 is 2. The minimum atomic E-state index is -4.53. The number of hydrogen-bond acceptors (Lipinski definition) is 5. The van der Waals surface area contributed by atoms with Crippen molar-refractivity contribution in [1.29, 1.82) is 0 Å². The molecular weight excluding hydrogens is 296 g/mol. The molecule has 1 aromatic carbocycles. The van der Waals surface area contributed by atoms with Crippen LogP contribution >= 0.6 is 0 Å². The van der Waals surface area contributed by atoms with Gasteiger partial charge in [-0.15, -0.1) is 0 Å². The number of phenolic OH excluding ortho intramolecular Hbond substituents is 1. The third-order valence-electron chi connectivity index (χ3n) is 3.61. The molecule has 0 fully saturated rings. The second kappa shape index (κ2) is 6.53. The second-order valence-electron chi connectivity index (χ2n) is 4.77. The number of benzene rings is 1. The van der Waals surface area contributed by atoms with Crippen LogP contribution in [0.1, 0.15) is 44.2 Å². The molecule has 1 unspecified atom stereocenters. The lowest BCUT2D eigenvalue weighted by Gasteiger charge is -2.23. The third kappa shape index (κ3) is 3.08. The van der Waals surface area contributed by atoms with Gasteiger partial charge in [0.05, 0.1) is 14.2 Å². The highest BCUT2D eigenvalue weighted by Crippen LogP contribution is 2.49. The van der Waals surface area contributed by atoms with E-state index in [4.69, 9.17) is 9.47 Å². The van der Waals surface area contributed by atoms with Gasteiger partial charge in [-0.2, -0.15) is 8.42 Å². The maximum Gasteiger partial charge on any atom is 0.298 e. The Labute approximate surface area is 125 Å². The van der Waals surface area contributed by atoms with Gasteiger partial charge in [0, 0.05) is 5.56 Å². The number of aromatic hydroxyl groups is 1. The predicted molar refractivity (Wildman–Crippen MR) is 79.1 cm³/mol. The first-order valence-corrected chi connectivity index (χ1v) is 8.15. The number of hydrogen-bond donors (Lipinski definition) is 2. The van der Waals surface area contributed by atoms with Crippen LogP contribution in [0.2, 0.25) is 0 Å². The summed E-state index contributed by atoms with van der Waals surface area (Å²) in [5.74, 6) is -0.596. The summed E-state index contributed by atoms with van der Waals surface area (Å²) in [6.45, 7) is 5.51.